The number of benzene rings is 3. The van der Waals surface area contributed by atoms with Crippen molar-refractivity contribution in [1.29, 1.82) is 0 Å². The van der Waals surface area contributed by atoms with Gasteiger partial charge in [-0.25, -0.2) is 14.0 Å². The van der Waals surface area contributed by atoms with Crippen LogP contribution >= 0.6 is 11.6 Å². The van der Waals surface area contributed by atoms with E-state index in [1.165, 1.54) is 63.1 Å². The molecule has 0 saturated carbocycles. The lowest BCUT2D eigenvalue weighted by Crippen LogP contribution is -2.47. The maximum atomic E-state index is 16.3. The van der Waals surface area contributed by atoms with Gasteiger partial charge in [0.25, 0.3) is 0 Å². The lowest BCUT2D eigenvalue weighted by Gasteiger charge is -2.37. The molecule has 0 bridgehead atoms. The minimum Gasteiger partial charge on any atom is -0.391 e. The summed E-state index contributed by atoms with van der Waals surface area (Å²) < 4.78 is 36.5. The second kappa shape index (κ2) is 14.3. The van der Waals surface area contributed by atoms with E-state index >= 15 is 8.78 Å². The number of piperazine rings is 1. The number of pyridine rings is 1. The number of aromatic nitrogens is 6. The number of anilines is 2. The molecule has 1 aliphatic rings. The molecule has 268 valence electrons. The molecule has 52 heavy (non-hydrogen) atoms. The fraction of sp³-hybridized carbons (Fsp3) is 0.263. The molecule has 3 aromatic heterocycles. The zero-order chi connectivity index (χ0) is 36.5. The maximum absolute atomic E-state index is 16.3. The quantitative estimate of drug-likeness (QED) is 0.184. The first-order valence-electron chi connectivity index (χ1n) is 16.9. The Balaban J connectivity index is 1.00. The van der Waals surface area contributed by atoms with Gasteiger partial charge < -0.3 is 20.0 Å². The van der Waals surface area contributed by atoms with Crippen molar-refractivity contribution in [3.8, 4) is 16.8 Å². The molecule has 0 amide bonds. The highest BCUT2D eigenvalue weighted by Gasteiger charge is 2.56. The van der Waals surface area contributed by atoms with Crippen molar-refractivity contribution in [3.63, 3.8) is 0 Å². The molecule has 4 heterocycles. The van der Waals surface area contributed by atoms with Crippen LogP contribution in [-0.2, 0) is 24.6 Å². The Morgan fingerprint density at radius 1 is 0.846 bits per heavy atom. The van der Waals surface area contributed by atoms with Gasteiger partial charge in [-0.15, -0.1) is 0 Å². The Bertz CT molecular complexity index is 2160. The number of aliphatic hydroxyl groups is 2. The fourth-order valence-electron chi connectivity index (χ4n) is 6.51. The number of rotatable bonds is 11. The van der Waals surface area contributed by atoms with Gasteiger partial charge in [-0.3, -0.25) is 9.67 Å². The minimum absolute atomic E-state index is 0.0480. The highest BCUT2D eigenvalue weighted by atomic mass is 35.5. The molecule has 1 saturated heterocycles. The lowest BCUT2D eigenvalue weighted by atomic mass is 9.85. The van der Waals surface area contributed by atoms with Crippen molar-refractivity contribution < 1.29 is 19.0 Å². The molecule has 0 unspecified atom stereocenters. The third-order valence-corrected chi connectivity index (χ3v) is 9.60. The molecule has 0 spiro atoms. The van der Waals surface area contributed by atoms with Crippen molar-refractivity contribution in [2.45, 2.75) is 37.6 Å². The first kappa shape index (κ1) is 35.1. The molecule has 2 N–H and O–H groups in total. The minimum atomic E-state index is -3.79. The summed E-state index contributed by atoms with van der Waals surface area (Å²) in [5, 5.41) is 29.6. The van der Waals surface area contributed by atoms with E-state index in [9.17, 15) is 15.0 Å². The maximum Gasteiger partial charge on any atom is 0.350 e. The number of aliphatic hydroxyl groups excluding tert-OH is 1. The van der Waals surface area contributed by atoms with Crippen LogP contribution in [0.25, 0.3) is 16.8 Å². The van der Waals surface area contributed by atoms with Crippen LogP contribution in [-0.4, -0.2) is 71.6 Å². The zero-order valence-electron chi connectivity index (χ0n) is 28.3. The normalized spacial score (nSPS) is 15.4. The Labute approximate surface area is 303 Å². The molecule has 0 radical (unpaired) electrons. The second-order valence-corrected chi connectivity index (χ2v) is 13.4. The molecule has 7 rings (SSSR count). The van der Waals surface area contributed by atoms with Crippen LogP contribution in [0, 0.1) is 0 Å². The van der Waals surface area contributed by atoms with Gasteiger partial charge in [0.05, 0.1) is 24.9 Å². The summed E-state index contributed by atoms with van der Waals surface area (Å²) in [7, 11) is 0. The SMILES string of the molecule is C[C@H](O)Cn1ncn(-c2ccc(N3CCN(c4ccc(-c5ccc(C(F)(F)[C@@](O)(Cn6cccn6)c6cccc(Cl)c6)nc5)cc4)CC3)cc2)c1=O. The van der Waals surface area contributed by atoms with Crippen molar-refractivity contribution in [3.05, 3.63) is 143 Å². The van der Waals surface area contributed by atoms with Crippen molar-refractivity contribution >= 4 is 23.0 Å². The average Bonchev–Trinajstić information content (AvgIpc) is 3.80. The van der Waals surface area contributed by atoms with Gasteiger partial charge in [-0.2, -0.15) is 19.0 Å². The number of nitrogens with zero attached hydrogens (tertiary/aromatic N) is 8. The third kappa shape index (κ3) is 6.94. The predicted molar refractivity (Wildman–Crippen MR) is 195 cm³/mol. The van der Waals surface area contributed by atoms with E-state index in [0.29, 0.717) is 11.3 Å². The molecular weight excluding hydrogens is 690 g/mol. The molecule has 2 atom stereocenters. The van der Waals surface area contributed by atoms with E-state index < -0.39 is 29.9 Å². The third-order valence-electron chi connectivity index (χ3n) is 9.37. The van der Waals surface area contributed by atoms with Crippen LogP contribution in [0.1, 0.15) is 18.2 Å². The van der Waals surface area contributed by atoms with Gasteiger partial charge in [0.1, 0.15) is 12.0 Å². The Morgan fingerprint density at radius 2 is 1.48 bits per heavy atom. The van der Waals surface area contributed by atoms with Crippen molar-refractivity contribution in [2.75, 3.05) is 36.0 Å². The van der Waals surface area contributed by atoms with Crippen molar-refractivity contribution in [2.24, 2.45) is 0 Å². The molecular formula is C38H37ClF2N8O3. The summed E-state index contributed by atoms with van der Waals surface area (Å²) in [6.45, 7) is 4.43. The highest BCUT2D eigenvalue weighted by molar-refractivity contribution is 6.30. The number of halogens is 3. The molecule has 1 fully saturated rings. The Kier molecular flexibility index (Phi) is 9.66. The van der Waals surface area contributed by atoms with Gasteiger partial charge in [-0.1, -0.05) is 41.9 Å². The monoisotopic (exact) mass is 726 g/mol. The summed E-state index contributed by atoms with van der Waals surface area (Å²) in [4.78, 5) is 21.4. The van der Waals surface area contributed by atoms with E-state index in [2.05, 4.69) is 25.0 Å². The summed E-state index contributed by atoms with van der Waals surface area (Å²) in [6.07, 6.45) is 5.15. The molecule has 1 aliphatic heterocycles. The highest BCUT2D eigenvalue weighted by Crippen LogP contribution is 2.46. The van der Waals surface area contributed by atoms with Crippen molar-refractivity contribution in [1.82, 2.24) is 29.1 Å². The average molecular weight is 727 g/mol. The van der Waals surface area contributed by atoms with Crippen LogP contribution in [0.4, 0.5) is 20.2 Å². The largest absolute Gasteiger partial charge is 0.391 e. The molecule has 3 aromatic carbocycles. The summed E-state index contributed by atoms with van der Waals surface area (Å²) in [5.41, 5.74) is 0.679. The molecule has 0 aliphatic carbocycles. The topological polar surface area (TPSA) is 117 Å². The molecule has 6 aromatic rings. The number of hydrogen-bond acceptors (Lipinski definition) is 8. The lowest BCUT2D eigenvalue weighted by molar-refractivity contribution is -0.206. The van der Waals surface area contributed by atoms with Crippen LogP contribution in [0.5, 0.6) is 0 Å². The first-order chi connectivity index (χ1) is 25.0. The standard InChI is InChI=1S/C38H37ClF2N8O3/c1-27(50)24-49-36(51)48(26-44-49)34-13-11-33(12-14-34)46-20-18-45(19-21-46)32-9-6-28(7-10-32)29-8-15-35(42-23-29)38(40,41)37(52,25-47-17-3-16-43-47)30-4-2-5-31(39)22-30/h2-17,22-23,26-27,50,52H,18-21,24-25H2,1H3/t27-,37+/m0/s1. The second-order valence-electron chi connectivity index (χ2n) is 12.9. The van der Waals surface area contributed by atoms with E-state index in [1.54, 1.807) is 25.1 Å². The van der Waals surface area contributed by atoms with E-state index in [-0.39, 0.29) is 22.8 Å². The van der Waals surface area contributed by atoms with Crippen LogP contribution < -0.4 is 15.5 Å². The van der Waals surface area contributed by atoms with Gasteiger partial charge >= 0.3 is 11.6 Å². The molecule has 11 nitrogen and oxygen atoms in total. The van der Waals surface area contributed by atoms with E-state index in [1.807, 2.05) is 48.5 Å². The Hall–Kier alpha value is -5.37. The number of alkyl halides is 2. The fourth-order valence-corrected chi connectivity index (χ4v) is 6.70. The molecule has 14 heteroatoms. The van der Waals surface area contributed by atoms with Crippen LogP contribution in [0.15, 0.2) is 121 Å². The zero-order valence-corrected chi connectivity index (χ0v) is 29.1. The summed E-state index contributed by atoms with van der Waals surface area (Å²) in [6, 6.07) is 25.9. The van der Waals surface area contributed by atoms with Gasteiger partial charge in [-0.05, 0) is 78.7 Å². The van der Waals surface area contributed by atoms with Crippen LogP contribution in [0.2, 0.25) is 5.02 Å². The van der Waals surface area contributed by atoms with Gasteiger partial charge in [0.15, 0.2) is 5.60 Å². The first-order valence-corrected chi connectivity index (χ1v) is 17.2. The van der Waals surface area contributed by atoms with Gasteiger partial charge in [0, 0.05) is 66.7 Å². The van der Waals surface area contributed by atoms with E-state index in [4.69, 9.17) is 11.6 Å². The smallest absolute Gasteiger partial charge is 0.350 e. The predicted octanol–water partition coefficient (Wildman–Crippen LogP) is 5.33. The summed E-state index contributed by atoms with van der Waals surface area (Å²) >= 11 is 6.13. The Morgan fingerprint density at radius 3 is 2.06 bits per heavy atom. The summed E-state index contributed by atoms with van der Waals surface area (Å²) in [5.74, 6) is -3.79. The number of hydrogen-bond donors (Lipinski definition) is 2. The van der Waals surface area contributed by atoms with Crippen LogP contribution in [0.3, 0.4) is 0 Å². The van der Waals surface area contributed by atoms with Gasteiger partial charge in [0.2, 0.25) is 0 Å². The van der Waals surface area contributed by atoms with E-state index in [0.717, 1.165) is 43.1 Å².